The molecule has 0 spiro atoms. The molecule has 180 valence electrons. The molecule has 3 aliphatic rings. The first kappa shape index (κ1) is 22.7. The summed E-state index contributed by atoms with van der Waals surface area (Å²) in [6.45, 7) is 3.31. The molecular weight excluding hydrogens is 432 g/mol. The molecular formula is C26H32N4O4. The van der Waals surface area contributed by atoms with Crippen LogP contribution in [0.4, 0.5) is 10.6 Å². The highest BCUT2D eigenvalue weighted by molar-refractivity contribution is 5.81. The minimum Gasteiger partial charge on any atom is -0.507 e. The summed E-state index contributed by atoms with van der Waals surface area (Å²) in [5.74, 6) is 2.70. The van der Waals surface area contributed by atoms with Crippen LogP contribution in [0.3, 0.4) is 0 Å². The number of anilines is 1. The SMILES string of the molecule is O=C(O)Nc1cccc(CN2CC3C(CNC(=O)Cc4cccc(C5CCCC5)c4O)C3C2)n1. The van der Waals surface area contributed by atoms with Crippen molar-refractivity contribution in [3.05, 3.63) is 53.2 Å². The number of likely N-dealkylation sites (tertiary alicyclic amines) is 1. The third kappa shape index (κ3) is 5.01. The lowest BCUT2D eigenvalue weighted by atomic mass is 9.94. The Bertz CT molecular complexity index is 1060. The third-order valence-corrected chi connectivity index (χ3v) is 7.71. The average Bonchev–Trinajstić information content (AvgIpc) is 3.17. The topological polar surface area (TPSA) is 115 Å². The highest BCUT2D eigenvalue weighted by Crippen LogP contribution is 2.51. The fourth-order valence-corrected chi connectivity index (χ4v) is 5.93. The molecule has 0 bridgehead atoms. The number of pyridine rings is 1. The number of para-hydroxylation sites is 1. The van der Waals surface area contributed by atoms with Crippen LogP contribution in [0, 0.1) is 17.8 Å². The molecule has 2 aliphatic carbocycles. The van der Waals surface area contributed by atoms with Crippen LogP contribution in [0.2, 0.25) is 0 Å². The number of fused-ring (bicyclic) bond motifs is 1. The molecule has 4 N–H and O–H groups in total. The van der Waals surface area contributed by atoms with Crippen molar-refractivity contribution < 1.29 is 19.8 Å². The number of rotatable bonds is 8. The van der Waals surface area contributed by atoms with E-state index < -0.39 is 6.09 Å². The number of amides is 2. The zero-order chi connectivity index (χ0) is 23.7. The summed E-state index contributed by atoms with van der Waals surface area (Å²) >= 11 is 0. The third-order valence-electron chi connectivity index (χ3n) is 7.71. The van der Waals surface area contributed by atoms with Gasteiger partial charge < -0.3 is 15.5 Å². The molecule has 2 aromatic rings. The van der Waals surface area contributed by atoms with E-state index >= 15 is 0 Å². The van der Waals surface area contributed by atoms with Gasteiger partial charge in [0.2, 0.25) is 5.91 Å². The molecule has 1 aromatic heterocycles. The number of aromatic hydroxyl groups is 1. The second-order valence-corrected chi connectivity index (χ2v) is 9.95. The van der Waals surface area contributed by atoms with Crippen molar-refractivity contribution >= 4 is 17.8 Å². The normalized spacial score (nSPS) is 24.1. The molecule has 0 radical (unpaired) electrons. The summed E-state index contributed by atoms with van der Waals surface area (Å²) in [5, 5.41) is 24.9. The Labute approximate surface area is 199 Å². The van der Waals surface area contributed by atoms with Crippen LogP contribution in [0.15, 0.2) is 36.4 Å². The van der Waals surface area contributed by atoms with E-state index in [1.54, 1.807) is 6.07 Å². The van der Waals surface area contributed by atoms with E-state index in [1.165, 1.54) is 12.8 Å². The smallest absolute Gasteiger partial charge is 0.410 e. The van der Waals surface area contributed by atoms with Crippen molar-refractivity contribution in [1.82, 2.24) is 15.2 Å². The van der Waals surface area contributed by atoms with Crippen molar-refractivity contribution in [3.8, 4) is 5.75 Å². The van der Waals surface area contributed by atoms with Gasteiger partial charge in [0, 0.05) is 31.7 Å². The second-order valence-electron chi connectivity index (χ2n) is 9.95. The maximum Gasteiger partial charge on any atom is 0.410 e. The number of phenols is 1. The number of phenolic OH excluding ortho intramolecular Hbond substituents is 1. The van der Waals surface area contributed by atoms with Crippen LogP contribution < -0.4 is 10.6 Å². The standard InChI is InChI=1S/C26H32N4O4/c31-24(11-17-7-3-9-19(25(17)32)16-5-1-2-6-16)27-12-20-21-14-30(15-22(20)21)13-18-8-4-10-23(28-18)29-26(33)34/h3-4,7-10,16,20-22,32H,1-2,5-6,11-15H2,(H,27,31)(H,28,29)(H,33,34). The second kappa shape index (κ2) is 9.62. The van der Waals surface area contributed by atoms with Crippen LogP contribution in [-0.2, 0) is 17.8 Å². The van der Waals surface area contributed by atoms with E-state index in [0.717, 1.165) is 42.8 Å². The van der Waals surface area contributed by atoms with Crippen LogP contribution >= 0.6 is 0 Å². The molecule has 2 unspecified atom stereocenters. The summed E-state index contributed by atoms with van der Waals surface area (Å²) in [6, 6.07) is 11.2. The predicted molar refractivity (Wildman–Crippen MR) is 128 cm³/mol. The molecule has 8 nitrogen and oxygen atoms in total. The maximum absolute atomic E-state index is 12.6. The summed E-state index contributed by atoms with van der Waals surface area (Å²) in [4.78, 5) is 30.1. The van der Waals surface area contributed by atoms with Gasteiger partial charge in [-0.25, -0.2) is 9.78 Å². The maximum atomic E-state index is 12.6. The van der Waals surface area contributed by atoms with E-state index in [4.69, 9.17) is 5.11 Å². The predicted octanol–water partition coefficient (Wildman–Crippen LogP) is 3.57. The summed E-state index contributed by atoms with van der Waals surface area (Å²) in [6.07, 6.45) is 3.75. The van der Waals surface area contributed by atoms with Crippen LogP contribution in [-0.4, -0.2) is 51.7 Å². The number of benzene rings is 1. The van der Waals surface area contributed by atoms with Gasteiger partial charge in [0.15, 0.2) is 0 Å². The van der Waals surface area contributed by atoms with Gasteiger partial charge in [-0.05, 0) is 54.2 Å². The summed E-state index contributed by atoms with van der Waals surface area (Å²) in [5.41, 5.74) is 2.56. The number of nitrogens with zero attached hydrogens (tertiary/aromatic N) is 2. The zero-order valence-electron chi connectivity index (χ0n) is 19.2. The lowest BCUT2D eigenvalue weighted by Crippen LogP contribution is -2.31. The van der Waals surface area contributed by atoms with Crippen molar-refractivity contribution in [2.24, 2.45) is 17.8 Å². The number of carboxylic acid groups (broad SMARTS) is 1. The number of carbonyl (C=O) groups is 2. The van der Waals surface area contributed by atoms with Crippen LogP contribution in [0.25, 0.3) is 0 Å². The molecule has 1 aliphatic heterocycles. The molecule has 2 heterocycles. The van der Waals surface area contributed by atoms with E-state index in [-0.39, 0.29) is 12.3 Å². The Hall–Kier alpha value is -3.13. The van der Waals surface area contributed by atoms with E-state index in [1.807, 2.05) is 30.3 Å². The minimum atomic E-state index is -1.12. The zero-order valence-corrected chi connectivity index (χ0v) is 19.2. The Morgan fingerprint density at radius 3 is 2.53 bits per heavy atom. The Balaban J connectivity index is 1.07. The summed E-state index contributed by atoms with van der Waals surface area (Å²) in [7, 11) is 0. The minimum absolute atomic E-state index is 0.0346. The van der Waals surface area contributed by atoms with Gasteiger partial charge >= 0.3 is 6.09 Å². The molecule has 8 heteroatoms. The fraction of sp³-hybridized carbons (Fsp3) is 0.500. The molecule has 2 amide bonds. The number of hydrogen-bond donors (Lipinski definition) is 4. The van der Waals surface area contributed by atoms with E-state index in [0.29, 0.717) is 48.3 Å². The van der Waals surface area contributed by atoms with Crippen molar-refractivity contribution in [3.63, 3.8) is 0 Å². The lowest BCUT2D eigenvalue weighted by molar-refractivity contribution is -0.120. The van der Waals surface area contributed by atoms with Crippen molar-refractivity contribution in [2.75, 3.05) is 25.0 Å². The highest BCUT2D eigenvalue weighted by atomic mass is 16.4. The van der Waals surface area contributed by atoms with Crippen LogP contribution in [0.1, 0.15) is 48.4 Å². The Morgan fingerprint density at radius 1 is 1.06 bits per heavy atom. The monoisotopic (exact) mass is 464 g/mol. The largest absolute Gasteiger partial charge is 0.507 e. The molecule has 34 heavy (non-hydrogen) atoms. The molecule has 1 aromatic carbocycles. The molecule has 2 atom stereocenters. The van der Waals surface area contributed by atoms with E-state index in [9.17, 15) is 14.7 Å². The Morgan fingerprint density at radius 2 is 1.79 bits per heavy atom. The average molecular weight is 465 g/mol. The first-order chi connectivity index (χ1) is 16.5. The van der Waals surface area contributed by atoms with Gasteiger partial charge in [-0.1, -0.05) is 37.1 Å². The molecule has 1 saturated heterocycles. The molecule has 3 fully saturated rings. The summed E-state index contributed by atoms with van der Waals surface area (Å²) < 4.78 is 0. The number of hydrogen-bond acceptors (Lipinski definition) is 5. The molecule has 5 rings (SSSR count). The van der Waals surface area contributed by atoms with Gasteiger partial charge in [0.05, 0.1) is 12.1 Å². The Kier molecular flexibility index (Phi) is 6.41. The lowest BCUT2D eigenvalue weighted by Gasteiger charge is -2.19. The quantitative estimate of drug-likeness (QED) is 0.475. The van der Waals surface area contributed by atoms with Crippen molar-refractivity contribution in [1.29, 1.82) is 0 Å². The first-order valence-corrected chi connectivity index (χ1v) is 12.2. The first-order valence-electron chi connectivity index (χ1n) is 12.2. The van der Waals surface area contributed by atoms with Gasteiger partial charge in [0.1, 0.15) is 11.6 Å². The highest BCUT2D eigenvalue weighted by Gasteiger charge is 2.55. The van der Waals surface area contributed by atoms with Gasteiger partial charge in [-0.2, -0.15) is 0 Å². The number of carbonyl (C=O) groups excluding carboxylic acids is 1. The van der Waals surface area contributed by atoms with Crippen LogP contribution in [0.5, 0.6) is 5.75 Å². The van der Waals surface area contributed by atoms with E-state index in [2.05, 4.69) is 20.5 Å². The van der Waals surface area contributed by atoms with Gasteiger partial charge in [0.25, 0.3) is 0 Å². The van der Waals surface area contributed by atoms with Crippen molar-refractivity contribution in [2.45, 2.75) is 44.6 Å². The van der Waals surface area contributed by atoms with Gasteiger partial charge in [-0.3, -0.25) is 15.0 Å². The van der Waals surface area contributed by atoms with Gasteiger partial charge in [-0.15, -0.1) is 0 Å². The number of aromatic nitrogens is 1. The number of nitrogens with one attached hydrogen (secondary N) is 2. The fourth-order valence-electron chi connectivity index (χ4n) is 5.93. The molecule has 2 saturated carbocycles. The number of piperidine rings is 1.